The molecular formula is C9H14F3N3O4. The highest BCUT2D eigenvalue weighted by molar-refractivity contribution is 5.77. The molecule has 1 unspecified atom stereocenters. The molecule has 1 saturated heterocycles. The van der Waals surface area contributed by atoms with E-state index in [2.05, 4.69) is 9.57 Å². The molecule has 1 fully saturated rings. The van der Waals surface area contributed by atoms with E-state index >= 15 is 0 Å². The van der Waals surface area contributed by atoms with Crippen LogP contribution in [0, 0.1) is 5.92 Å². The first-order valence-electron chi connectivity index (χ1n) is 5.37. The number of halogens is 3. The van der Waals surface area contributed by atoms with Crippen molar-refractivity contribution in [3.8, 4) is 0 Å². The molecule has 0 spiro atoms. The molecule has 0 aromatic rings. The summed E-state index contributed by atoms with van der Waals surface area (Å²) < 4.78 is 40.8. The predicted octanol–water partition coefficient (Wildman–Crippen LogP) is 0.364. The molecule has 1 heterocycles. The molecule has 1 rings (SSSR count). The van der Waals surface area contributed by atoms with E-state index in [4.69, 9.17) is 5.73 Å². The van der Waals surface area contributed by atoms with Crippen LogP contribution < -0.4 is 16.5 Å². The zero-order valence-corrected chi connectivity index (χ0v) is 10.2. The monoisotopic (exact) mass is 285 g/mol. The summed E-state index contributed by atoms with van der Waals surface area (Å²) in [6, 6.07) is -0.629. The fourth-order valence-electron chi connectivity index (χ4n) is 1.31. The molecule has 2 atom stereocenters. The Bertz CT molecular complexity index is 374. The highest BCUT2D eigenvalue weighted by Crippen LogP contribution is 2.24. The van der Waals surface area contributed by atoms with E-state index in [0.29, 0.717) is 0 Å². The summed E-state index contributed by atoms with van der Waals surface area (Å²) in [5.41, 5.74) is 7.62. The average Bonchev–Trinajstić information content (AvgIpc) is 2.58. The topological polar surface area (TPSA) is 103 Å². The molecule has 4 N–H and O–H groups in total. The van der Waals surface area contributed by atoms with Crippen molar-refractivity contribution in [2.75, 3.05) is 0 Å². The van der Waals surface area contributed by atoms with Gasteiger partial charge >= 0.3 is 18.2 Å². The summed E-state index contributed by atoms with van der Waals surface area (Å²) >= 11 is 0. The lowest BCUT2D eigenvalue weighted by atomic mass is 9.99. The normalized spacial score (nSPS) is 24.9. The fourth-order valence-corrected chi connectivity index (χ4v) is 1.31. The first-order valence-corrected chi connectivity index (χ1v) is 5.37. The molecule has 10 heteroatoms. The Hall–Kier alpha value is -1.55. The minimum absolute atomic E-state index is 0.110. The highest BCUT2D eigenvalue weighted by atomic mass is 19.4. The molecule has 19 heavy (non-hydrogen) atoms. The Morgan fingerprint density at radius 1 is 1.53 bits per heavy atom. The standard InChI is InChI=1S/C9H14F3N3O4/c1-4(2)5(13)3-8(14-7(17)19-15-8)18-6(16)9(10,11)12/h4-5,15H,3,13H2,1-2H3,(H,14,17)/t5?,8-/m0/s1. The number of amides is 1. The number of rotatable bonds is 4. The van der Waals surface area contributed by atoms with Crippen LogP contribution in [0.4, 0.5) is 18.0 Å². The van der Waals surface area contributed by atoms with Crippen LogP contribution in [-0.2, 0) is 14.4 Å². The van der Waals surface area contributed by atoms with Crippen LogP contribution in [0.3, 0.4) is 0 Å². The number of carbonyl (C=O) groups is 2. The maximum Gasteiger partial charge on any atom is 0.491 e. The van der Waals surface area contributed by atoms with Gasteiger partial charge in [-0.2, -0.15) is 13.2 Å². The second kappa shape index (κ2) is 5.21. The van der Waals surface area contributed by atoms with E-state index in [1.165, 1.54) is 0 Å². The van der Waals surface area contributed by atoms with Crippen LogP contribution in [0.2, 0.25) is 0 Å². The summed E-state index contributed by atoms with van der Waals surface area (Å²) in [6.07, 6.45) is -6.53. The Kier molecular flexibility index (Phi) is 4.25. The molecule has 7 nitrogen and oxygen atoms in total. The van der Waals surface area contributed by atoms with E-state index < -0.39 is 30.1 Å². The predicted molar refractivity (Wildman–Crippen MR) is 55.1 cm³/mol. The van der Waals surface area contributed by atoms with Gasteiger partial charge in [-0.05, 0) is 5.92 Å². The number of hydrogen-bond acceptors (Lipinski definition) is 6. The molecule has 1 aliphatic rings. The highest BCUT2D eigenvalue weighted by Gasteiger charge is 2.51. The number of esters is 1. The summed E-state index contributed by atoms with van der Waals surface area (Å²) in [5.74, 6) is -4.68. The third kappa shape index (κ3) is 3.96. The number of ether oxygens (including phenoxy) is 1. The zero-order chi connectivity index (χ0) is 14.8. The van der Waals surface area contributed by atoms with Crippen molar-refractivity contribution in [2.24, 2.45) is 11.7 Å². The van der Waals surface area contributed by atoms with Crippen molar-refractivity contribution in [1.82, 2.24) is 10.8 Å². The number of carbonyl (C=O) groups excluding carboxylic acids is 2. The Morgan fingerprint density at radius 3 is 2.47 bits per heavy atom. The molecule has 0 radical (unpaired) electrons. The number of hydroxylamine groups is 1. The lowest BCUT2D eigenvalue weighted by molar-refractivity contribution is -0.224. The van der Waals surface area contributed by atoms with Gasteiger partial charge in [-0.15, -0.1) is 0 Å². The average molecular weight is 285 g/mol. The first kappa shape index (κ1) is 15.5. The van der Waals surface area contributed by atoms with Crippen molar-refractivity contribution in [1.29, 1.82) is 0 Å². The van der Waals surface area contributed by atoms with Crippen LogP contribution in [0.1, 0.15) is 20.3 Å². The number of nitrogens with one attached hydrogen (secondary N) is 2. The lowest BCUT2D eigenvalue weighted by Crippen LogP contribution is -2.58. The van der Waals surface area contributed by atoms with Crippen molar-refractivity contribution in [2.45, 2.75) is 38.3 Å². The summed E-state index contributed by atoms with van der Waals surface area (Å²) in [7, 11) is 0. The summed E-state index contributed by atoms with van der Waals surface area (Å²) in [5, 5.41) is 1.96. The van der Waals surface area contributed by atoms with Crippen LogP contribution in [0.25, 0.3) is 0 Å². The number of alkyl halides is 3. The van der Waals surface area contributed by atoms with Gasteiger partial charge in [0.25, 0.3) is 5.85 Å². The Morgan fingerprint density at radius 2 is 2.11 bits per heavy atom. The van der Waals surface area contributed by atoms with Crippen LogP contribution in [-0.4, -0.2) is 30.1 Å². The van der Waals surface area contributed by atoms with Gasteiger partial charge in [0.05, 0.1) is 0 Å². The SMILES string of the molecule is CC(C)C(N)C[C@@]1(OC(=O)C(F)(F)F)NOC(=O)N1. The van der Waals surface area contributed by atoms with Gasteiger partial charge < -0.3 is 15.3 Å². The number of nitrogens with two attached hydrogens (primary N) is 1. The minimum Gasteiger partial charge on any atom is -0.415 e. The maximum atomic E-state index is 12.2. The molecule has 0 aliphatic carbocycles. The smallest absolute Gasteiger partial charge is 0.415 e. The van der Waals surface area contributed by atoms with E-state index in [1.54, 1.807) is 13.8 Å². The molecule has 1 aliphatic heterocycles. The van der Waals surface area contributed by atoms with Gasteiger partial charge in [0, 0.05) is 12.5 Å². The quantitative estimate of drug-likeness (QED) is 0.645. The van der Waals surface area contributed by atoms with Gasteiger partial charge in [-0.3, -0.25) is 5.32 Å². The maximum absolute atomic E-state index is 12.2. The molecular weight excluding hydrogens is 271 g/mol. The van der Waals surface area contributed by atoms with Crippen LogP contribution in [0.15, 0.2) is 0 Å². The second-order valence-electron chi connectivity index (χ2n) is 4.44. The van der Waals surface area contributed by atoms with Gasteiger partial charge in [-0.25, -0.2) is 9.59 Å². The largest absolute Gasteiger partial charge is 0.491 e. The number of hydrogen-bond donors (Lipinski definition) is 3. The van der Waals surface area contributed by atoms with E-state index in [1.807, 2.05) is 10.8 Å². The second-order valence-corrected chi connectivity index (χ2v) is 4.44. The summed E-state index contributed by atoms with van der Waals surface area (Å²) in [4.78, 5) is 26.0. The molecule has 0 bridgehead atoms. The zero-order valence-electron chi connectivity index (χ0n) is 10.2. The lowest BCUT2D eigenvalue weighted by Gasteiger charge is -2.30. The van der Waals surface area contributed by atoms with Crippen molar-refractivity contribution < 1.29 is 32.3 Å². The fraction of sp³-hybridized carbons (Fsp3) is 0.778. The summed E-state index contributed by atoms with van der Waals surface area (Å²) in [6.45, 7) is 3.45. The van der Waals surface area contributed by atoms with E-state index in [-0.39, 0.29) is 12.3 Å². The first-order chi connectivity index (χ1) is 8.56. The van der Waals surface area contributed by atoms with Gasteiger partial charge in [0.2, 0.25) is 0 Å². The van der Waals surface area contributed by atoms with E-state index in [0.717, 1.165) is 0 Å². The molecule has 0 saturated carbocycles. The van der Waals surface area contributed by atoms with Gasteiger partial charge in [-0.1, -0.05) is 19.3 Å². The van der Waals surface area contributed by atoms with Gasteiger partial charge in [0.1, 0.15) is 0 Å². The Balaban J connectivity index is 2.83. The van der Waals surface area contributed by atoms with Crippen molar-refractivity contribution in [3.63, 3.8) is 0 Å². The molecule has 110 valence electrons. The third-order valence-electron chi connectivity index (χ3n) is 2.49. The van der Waals surface area contributed by atoms with Crippen molar-refractivity contribution in [3.05, 3.63) is 0 Å². The van der Waals surface area contributed by atoms with Crippen molar-refractivity contribution >= 4 is 12.1 Å². The molecule has 1 amide bonds. The van der Waals surface area contributed by atoms with Crippen LogP contribution in [0.5, 0.6) is 0 Å². The van der Waals surface area contributed by atoms with Crippen LogP contribution >= 0.6 is 0 Å². The third-order valence-corrected chi connectivity index (χ3v) is 2.49. The van der Waals surface area contributed by atoms with Gasteiger partial charge in [0.15, 0.2) is 0 Å². The molecule has 0 aromatic carbocycles. The van der Waals surface area contributed by atoms with E-state index in [9.17, 15) is 22.8 Å². The minimum atomic E-state index is -5.19. The Labute approximate surface area is 106 Å². The molecule has 0 aromatic heterocycles.